The van der Waals surface area contributed by atoms with E-state index in [9.17, 15) is 9.59 Å². The summed E-state index contributed by atoms with van der Waals surface area (Å²) in [6.07, 6.45) is 0. The molecule has 0 saturated carbocycles. The number of carboxylic acids is 1. The summed E-state index contributed by atoms with van der Waals surface area (Å²) in [5.41, 5.74) is 4.90. The van der Waals surface area contributed by atoms with Crippen LogP contribution in [0.5, 0.6) is 0 Å². The molecule has 1 amide bonds. The summed E-state index contributed by atoms with van der Waals surface area (Å²) < 4.78 is 0. The minimum Gasteiger partial charge on any atom is -0.477 e. The van der Waals surface area contributed by atoms with Gasteiger partial charge in [-0.25, -0.2) is 9.80 Å². The maximum absolute atomic E-state index is 10.8. The van der Waals surface area contributed by atoms with Crippen LogP contribution in [-0.4, -0.2) is 40.8 Å². The molecule has 0 aromatic carbocycles. The summed E-state index contributed by atoms with van der Waals surface area (Å²) in [5.74, 6) is -1.75. The van der Waals surface area contributed by atoms with Crippen LogP contribution < -0.4 is 5.73 Å². The molecule has 0 radical (unpaired) electrons. The molecule has 1 aliphatic heterocycles. The number of hydrogen-bond acceptors (Lipinski definition) is 4. The van der Waals surface area contributed by atoms with E-state index in [2.05, 4.69) is 5.10 Å². The van der Waals surface area contributed by atoms with Gasteiger partial charge < -0.3 is 10.8 Å². The Morgan fingerprint density at radius 1 is 1.82 bits per heavy atom. The number of carboxylic acid groups (broad SMARTS) is 1. The Labute approximate surface area is 62.3 Å². The number of aliphatic carboxylic acids is 1. The zero-order valence-electron chi connectivity index (χ0n) is 5.81. The summed E-state index contributed by atoms with van der Waals surface area (Å²) in [4.78, 5) is 21.2. The van der Waals surface area contributed by atoms with Crippen LogP contribution >= 0.6 is 0 Å². The van der Waals surface area contributed by atoms with Crippen molar-refractivity contribution in [1.29, 1.82) is 0 Å². The molecule has 1 rings (SSSR count). The molecule has 60 valence electrons. The Morgan fingerprint density at radius 3 is 2.55 bits per heavy atom. The first-order chi connectivity index (χ1) is 5.04. The van der Waals surface area contributed by atoms with E-state index >= 15 is 0 Å². The average molecular weight is 157 g/mol. The zero-order valence-corrected chi connectivity index (χ0v) is 5.81. The van der Waals surface area contributed by atoms with Gasteiger partial charge in [0, 0.05) is 7.05 Å². The van der Waals surface area contributed by atoms with Crippen molar-refractivity contribution in [2.75, 3.05) is 7.05 Å². The second-order valence-electron chi connectivity index (χ2n) is 2.13. The van der Waals surface area contributed by atoms with Crippen molar-refractivity contribution in [2.45, 2.75) is 6.04 Å². The fraction of sp³-hybridized carbons (Fsp3) is 0.400. The molecule has 0 saturated heterocycles. The number of nitrogens with zero attached hydrogens (tertiary/aromatic N) is 2. The van der Waals surface area contributed by atoms with Crippen LogP contribution in [0.25, 0.3) is 0 Å². The number of likely N-dealkylation sites (N-methyl/N-ethyl adjacent to an activating group) is 1. The van der Waals surface area contributed by atoms with Gasteiger partial charge in [0.2, 0.25) is 0 Å². The maximum Gasteiger partial charge on any atom is 0.354 e. The Morgan fingerprint density at radius 2 is 2.36 bits per heavy atom. The van der Waals surface area contributed by atoms with Gasteiger partial charge in [-0.05, 0) is 0 Å². The van der Waals surface area contributed by atoms with Gasteiger partial charge in [0.25, 0.3) is 5.91 Å². The van der Waals surface area contributed by atoms with Crippen molar-refractivity contribution < 1.29 is 14.7 Å². The number of carbonyl (C=O) groups is 2. The molecule has 0 aromatic rings. The smallest absolute Gasteiger partial charge is 0.354 e. The first-order valence-electron chi connectivity index (χ1n) is 2.89. The first kappa shape index (κ1) is 7.67. The molecule has 0 aliphatic carbocycles. The highest BCUT2D eigenvalue weighted by Gasteiger charge is 2.34. The first-order valence-corrected chi connectivity index (χ1v) is 2.89. The number of hydrazone groups is 1. The fourth-order valence-electron chi connectivity index (χ4n) is 0.767. The van der Waals surface area contributed by atoms with Gasteiger partial charge in [0.1, 0.15) is 6.04 Å². The van der Waals surface area contributed by atoms with E-state index in [1.165, 1.54) is 7.05 Å². The molecular formula is C5H7N3O3. The van der Waals surface area contributed by atoms with Crippen LogP contribution in [0, 0.1) is 0 Å². The molecule has 0 fully saturated rings. The van der Waals surface area contributed by atoms with Gasteiger partial charge in [-0.3, -0.25) is 4.79 Å². The van der Waals surface area contributed by atoms with Crippen molar-refractivity contribution >= 4 is 17.6 Å². The van der Waals surface area contributed by atoms with Gasteiger partial charge in [-0.1, -0.05) is 0 Å². The molecular weight excluding hydrogens is 150 g/mol. The van der Waals surface area contributed by atoms with Crippen LogP contribution in [0.1, 0.15) is 0 Å². The molecule has 0 aromatic heterocycles. The van der Waals surface area contributed by atoms with E-state index < -0.39 is 17.9 Å². The van der Waals surface area contributed by atoms with Gasteiger partial charge in [0.15, 0.2) is 5.71 Å². The van der Waals surface area contributed by atoms with E-state index in [-0.39, 0.29) is 5.71 Å². The van der Waals surface area contributed by atoms with Crippen LogP contribution in [-0.2, 0) is 9.59 Å². The monoisotopic (exact) mass is 157 g/mol. The Hall–Kier alpha value is -1.43. The Balaban J connectivity index is 2.92. The van der Waals surface area contributed by atoms with Crippen LogP contribution in [0.2, 0.25) is 0 Å². The lowest BCUT2D eigenvalue weighted by Crippen LogP contribution is -2.40. The summed E-state index contributed by atoms with van der Waals surface area (Å²) in [7, 11) is 1.36. The van der Waals surface area contributed by atoms with E-state index in [0.717, 1.165) is 5.01 Å². The quantitative estimate of drug-likeness (QED) is 0.470. The van der Waals surface area contributed by atoms with Crippen LogP contribution in [0.4, 0.5) is 0 Å². The maximum atomic E-state index is 10.8. The molecule has 1 unspecified atom stereocenters. The molecule has 6 heteroatoms. The largest absolute Gasteiger partial charge is 0.477 e. The Kier molecular flexibility index (Phi) is 1.61. The predicted molar refractivity (Wildman–Crippen MR) is 35.8 cm³/mol. The van der Waals surface area contributed by atoms with Gasteiger partial charge in [-0.2, -0.15) is 5.10 Å². The molecule has 1 aliphatic rings. The van der Waals surface area contributed by atoms with E-state index in [0.29, 0.717) is 0 Å². The molecule has 0 bridgehead atoms. The highest BCUT2D eigenvalue weighted by molar-refractivity contribution is 6.43. The molecule has 3 N–H and O–H groups in total. The lowest BCUT2D eigenvalue weighted by Gasteiger charge is -2.02. The normalized spacial score (nSPS) is 23.8. The summed E-state index contributed by atoms with van der Waals surface area (Å²) in [6.45, 7) is 0. The van der Waals surface area contributed by atoms with Gasteiger partial charge in [-0.15, -0.1) is 0 Å². The summed E-state index contributed by atoms with van der Waals surface area (Å²) in [5, 5.41) is 12.8. The molecule has 1 atom stereocenters. The molecule has 1 heterocycles. The summed E-state index contributed by atoms with van der Waals surface area (Å²) in [6, 6.07) is -1.11. The SMILES string of the molecule is CN1N=C(C(=O)O)C(N)C1=O. The van der Waals surface area contributed by atoms with E-state index in [1.54, 1.807) is 0 Å². The lowest BCUT2D eigenvalue weighted by atomic mass is 10.2. The number of nitrogens with two attached hydrogens (primary N) is 1. The van der Waals surface area contributed by atoms with E-state index in [1.807, 2.05) is 0 Å². The molecule has 6 nitrogen and oxygen atoms in total. The van der Waals surface area contributed by atoms with Crippen molar-refractivity contribution in [3.8, 4) is 0 Å². The lowest BCUT2D eigenvalue weighted by molar-refractivity contribution is -0.131. The van der Waals surface area contributed by atoms with Crippen molar-refractivity contribution in [2.24, 2.45) is 10.8 Å². The third kappa shape index (κ3) is 1.07. The number of hydrogen-bond donors (Lipinski definition) is 2. The van der Waals surface area contributed by atoms with Crippen molar-refractivity contribution in [3.05, 3.63) is 0 Å². The highest BCUT2D eigenvalue weighted by Crippen LogP contribution is 2.03. The van der Waals surface area contributed by atoms with Gasteiger partial charge >= 0.3 is 5.97 Å². The summed E-state index contributed by atoms with van der Waals surface area (Å²) >= 11 is 0. The minimum atomic E-state index is -1.25. The molecule has 11 heavy (non-hydrogen) atoms. The van der Waals surface area contributed by atoms with Crippen LogP contribution in [0.3, 0.4) is 0 Å². The fourth-order valence-corrected chi connectivity index (χ4v) is 0.767. The average Bonchev–Trinajstić information content (AvgIpc) is 2.17. The van der Waals surface area contributed by atoms with E-state index in [4.69, 9.17) is 10.8 Å². The molecule has 0 spiro atoms. The highest BCUT2D eigenvalue weighted by atomic mass is 16.4. The second-order valence-corrected chi connectivity index (χ2v) is 2.13. The van der Waals surface area contributed by atoms with Gasteiger partial charge in [0.05, 0.1) is 0 Å². The predicted octanol–water partition coefficient (Wildman–Crippen LogP) is -1.77. The number of amides is 1. The van der Waals surface area contributed by atoms with Crippen LogP contribution in [0.15, 0.2) is 5.10 Å². The third-order valence-electron chi connectivity index (χ3n) is 1.36. The number of carbonyl (C=O) groups excluding carboxylic acids is 1. The third-order valence-corrected chi connectivity index (χ3v) is 1.36. The Bertz CT molecular complexity index is 247. The van der Waals surface area contributed by atoms with Crippen molar-refractivity contribution in [3.63, 3.8) is 0 Å². The van der Waals surface area contributed by atoms with Crippen molar-refractivity contribution in [1.82, 2.24) is 5.01 Å². The second kappa shape index (κ2) is 2.31. The minimum absolute atomic E-state index is 0.308. The number of rotatable bonds is 1. The topological polar surface area (TPSA) is 96.0 Å². The standard InChI is InChI=1S/C5H7N3O3/c1-8-4(9)2(6)3(7-8)5(10)11/h2H,6H2,1H3,(H,10,11). The zero-order chi connectivity index (χ0) is 8.59.